The second-order valence-electron chi connectivity index (χ2n) is 4.48. The van der Waals surface area contributed by atoms with Gasteiger partial charge in [-0.3, -0.25) is 4.79 Å². The van der Waals surface area contributed by atoms with Crippen LogP contribution in [0.5, 0.6) is 11.5 Å². The van der Waals surface area contributed by atoms with Gasteiger partial charge >= 0.3 is 0 Å². The minimum absolute atomic E-state index is 0.432. The highest BCUT2D eigenvalue weighted by Crippen LogP contribution is 2.24. The second-order valence-corrected chi connectivity index (χ2v) is 4.48. The van der Waals surface area contributed by atoms with Gasteiger partial charge in [-0.25, -0.2) is 0 Å². The highest BCUT2D eigenvalue weighted by Gasteiger charge is 2.05. The van der Waals surface area contributed by atoms with E-state index < -0.39 is 0 Å². The summed E-state index contributed by atoms with van der Waals surface area (Å²) in [5.74, 6) is 1.27. The van der Waals surface area contributed by atoms with Crippen molar-refractivity contribution in [3.63, 3.8) is 0 Å². The fourth-order valence-corrected chi connectivity index (χ4v) is 1.61. The third-order valence-electron chi connectivity index (χ3n) is 2.71. The lowest BCUT2D eigenvalue weighted by molar-refractivity contribution is 0.0967. The number of hydrogen-bond acceptors (Lipinski definition) is 4. The third kappa shape index (κ3) is 6.06. The van der Waals surface area contributed by atoms with E-state index in [-0.39, 0.29) is 0 Å². The Morgan fingerprint density at radius 2 is 1.85 bits per heavy atom. The van der Waals surface area contributed by atoms with E-state index in [9.17, 15) is 4.79 Å². The van der Waals surface area contributed by atoms with Crippen molar-refractivity contribution >= 4 is 6.29 Å². The van der Waals surface area contributed by atoms with E-state index >= 15 is 0 Å². The first-order chi connectivity index (χ1) is 9.81. The summed E-state index contributed by atoms with van der Waals surface area (Å²) in [5.41, 5.74) is 0.530. The molecule has 0 spiro atoms. The highest BCUT2D eigenvalue weighted by molar-refractivity contribution is 5.79. The number of ether oxygens (including phenoxy) is 3. The molecule has 0 aliphatic carbocycles. The summed E-state index contributed by atoms with van der Waals surface area (Å²) in [4.78, 5) is 11.0. The molecule has 0 atom stereocenters. The van der Waals surface area contributed by atoms with E-state index in [1.165, 1.54) is 0 Å². The van der Waals surface area contributed by atoms with Crippen molar-refractivity contribution < 1.29 is 19.0 Å². The fourth-order valence-electron chi connectivity index (χ4n) is 1.61. The zero-order valence-electron chi connectivity index (χ0n) is 12.4. The molecule has 0 saturated heterocycles. The van der Waals surface area contributed by atoms with Crippen molar-refractivity contribution in [2.24, 2.45) is 0 Å². The van der Waals surface area contributed by atoms with Crippen molar-refractivity contribution in [1.82, 2.24) is 0 Å². The molecule has 0 heterocycles. The molecule has 0 aliphatic rings. The Morgan fingerprint density at radius 3 is 2.55 bits per heavy atom. The van der Waals surface area contributed by atoms with Crippen molar-refractivity contribution in [3.8, 4) is 11.5 Å². The maximum Gasteiger partial charge on any atom is 0.153 e. The van der Waals surface area contributed by atoms with Crippen LogP contribution in [0.3, 0.4) is 0 Å². The van der Waals surface area contributed by atoms with Crippen molar-refractivity contribution in [2.75, 3.05) is 26.4 Å². The molecule has 1 rings (SSSR count). The Bertz CT molecular complexity index is 390. The topological polar surface area (TPSA) is 44.8 Å². The number of rotatable bonds is 11. The van der Waals surface area contributed by atoms with E-state index in [0.29, 0.717) is 31.1 Å². The Hall–Kier alpha value is -1.55. The molecule has 20 heavy (non-hydrogen) atoms. The van der Waals surface area contributed by atoms with E-state index in [4.69, 9.17) is 14.2 Å². The first-order valence-corrected chi connectivity index (χ1v) is 7.24. The molecule has 0 amide bonds. The molecular weight excluding hydrogens is 256 g/mol. The molecule has 4 nitrogen and oxygen atoms in total. The fraction of sp³-hybridized carbons (Fsp3) is 0.562. The van der Waals surface area contributed by atoms with Gasteiger partial charge in [-0.1, -0.05) is 20.3 Å². The lowest BCUT2D eigenvalue weighted by Gasteiger charge is -2.11. The van der Waals surface area contributed by atoms with E-state index in [1.807, 2.05) is 6.92 Å². The summed E-state index contributed by atoms with van der Waals surface area (Å²) in [6.07, 6.45) is 3.90. The predicted molar refractivity (Wildman–Crippen MR) is 78.8 cm³/mol. The molecule has 1 aromatic rings. The van der Waals surface area contributed by atoms with Crippen LogP contribution in [-0.4, -0.2) is 32.7 Å². The van der Waals surface area contributed by atoms with Gasteiger partial charge in [0, 0.05) is 12.7 Å². The molecule has 0 saturated carbocycles. The van der Waals surface area contributed by atoms with Crippen LogP contribution in [0.25, 0.3) is 0 Å². The average molecular weight is 280 g/mol. The largest absolute Gasteiger partial charge is 0.493 e. The van der Waals surface area contributed by atoms with Gasteiger partial charge in [-0.05, 0) is 25.0 Å². The van der Waals surface area contributed by atoms with Crippen LogP contribution in [0.2, 0.25) is 0 Å². The summed E-state index contributed by atoms with van der Waals surface area (Å²) >= 11 is 0. The standard InChI is InChI=1S/C16H24O4/c1-3-5-9-18-10-11-20-16-12-15(19-8-4-2)7-6-14(16)13-17/h6-7,12-13H,3-5,8-11H2,1-2H3. The van der Waals surface area contributed by atoms with Crippen molar-refractivity contribution in [3.05, 3.63) is 23.8 Å². The molecule has 1 aromatic carbocycles. The van der Waals surface area contributed by atoms with Crippen molar-refractivity contribution in [1.29, 1.82) is 0 Å². The zero-order chi connectivity index (χ0) is 14.6. The van der Waals surface area contributed by atoms with Gasteiger partial charge in [0.15, 0.2) is 6.29 Å². The van der Waals surface area contributed by atoms with Crippen LogP contribution in [-0.2, 0) is 4.74 Å². The Balaban J connectivity index is 2.46. The van der Waals surface area contributed by atoms with Crippen LogP contribution in [0, 0.1) is 0 Å². The smallest absolute Gasteiger partial charge is 0.153 e. The van der Waals surface area contributed by atoms with Gasteiger partial charge in [-0.15, -0.1) is 0 Å². The number of hydrogen-bond donors (Lipinski definition) is 0. The SMILES string of the molecule is CCCCOCCOc1cc(OCCC)ccc1C=O. The molecule has 112 valence electrons. The van der Waals surface area contributed by atoms with Gasteiger partial charge in [0.05, 0.1) is 18.8 Å². The zero-order valence-corrected chi connectivity index (χ0v) is 12.4. The highest BCUT2D eigenvalue weighted by atomic mass is 16.5. The number of carbonyl (C=O) groups is 1. The summed E-state index contributed by atoms with van der Waals surface area (Å²) in [5, 5.41) is 0. The minimum atomic E-state index is 0.432. The normalized spacial score (nSPS) is 10.3. The first kappa shape index (κ1) is 16.5. The van der Waals surface area contributed by atoms with Gasteiger partial charge in [0.2, 0.25) is 0 Å². The molecule has 0 fully saturated rings. The summed E-state index contributed by atoms with van der Waals surface area (Å²) < 4.78 is 16.5. The third-order valence-corrected chi connectivity index (χ3v) is 2.71. The summed E-state index contributed by atoms with van der Waals surface area (Å²) in [6.45, 7) is 6.53. The lowest BCUT2D eigenvalue weighted by Crippen LogP contribution is -2.08. The minimum Gasteiger partial charge on any atom is -0.493 e. The molecule has 0 N–H and O–H groups in total. The van der Waals surface area contributed by atoms with E-state index in [1.54, 1.807) is 18.2 Å². The second kappa shape index (κ2) is 10.3. The van der Waals surface area contributed by atoms with Gasteiger partial charge in [0.25, 0.3) is 0 Å². The van der Waals surface area contributed by atoms with Crippen LogP contribution in [0.1, 0.15) is 43.5 Å². The van der Waals surface area contributed by atoms with E-state index in [2.05, 4.69) is 6.92 Å². The molecule has 4 heteroatoms. The Kier molecular flexibility index (Phi) is 8.47. The average Bonchev–Trinajstić information content (AvgIpc) is 2.48. The summed E-state index contributed by atoms with van der Waals surface area (Å²) in [7, 11) is 0. The van der Waals surface area contributed by atoms with Crippen LogP contribution < -0.4 is 9.47 Å². The van der Waals surface area contributed by atoms with E-state index in [0.717, 1.165) is 37.9 Å². The van der Waals surface area contributed by atoms with Crippen LogP contribution in [0.15, 0.2) is 18.2 Å². The molecule has 0 aliphatic heterocycles. The molecule has 0 bridgehead atoms. The molecule has 0 aromatic heterocycles. The van der Waals surface area contributed by atoms with Crippen LogP contribution in [0.4, 0.5) is 0 Å². The van der Waals surface area contributed by atoms with Crippen molar-refractivity contribution in [2.45, 2.75) is 33.1 Å². The molecule has 0 unspecified atom stereocenters. The molecular formula is C16H24O4. The Labute approximate surface area is 121 Å². The number of benzene rings is 1. The quantitative estimate of drug-likeness (QED) is 0.460. The van der Waals surface area contributed by atoms with Gasteiger partial charge in [-0.2, -0.15) is 0 Å². The first-order valence-electron chi connectivity index (χ1n) is 7.24. The maximum atomic E-state index is 11.0. The summed E-state index contributed by atoms with van der Waals surface area (Å²) in [6, 6.07) is 5.25. The van der Waals surface area contributed by atoms with Crippen LogP contribution >= 0.6 is 0 Å². The number of aldehydes is 1. The van der Waals surface area contributed by atoms with Gasteiger partial charge < -0.3 is 14.2 Å². The maximum absolute atomic E-state index is 11.0. The number of carbonyl (C=O) groups excluding carboxylic acids is 1. The number of unbranched alkanes of at least 4 members (excludes halogenated alkanes) is 1. The Morgan fingerprint density at radius 1 is 1.00 bits per heavy atom. The molecule has 0 radical (unpaired) electrons. The van der Waals surface area contributed by atoms with Gasteiger partial charge in [0.1, 0.15) is 18.1 Å². The lowest BCUT2D eigenvalue weighted by atomic mass is 10.2. The monoisotopic (exact) mass is 280 g/mol. The predicted octanol–water partition coefficient (Wildman–Crippen LogP) is 3.48.